The smallest absolute Gasteiger partial charge is 0.165 e. The van der Waals surface area contributed by atoms with Gasteiger partial charge in [0.2, 0.25) is 0 Å². The molecule has 1 aliphatic heterocycles. The van der Waals surface area contributed by atoms with Crippen LogP contribution >= 0.6 is 0 Å². The molecule has 0 bridgehead atoms. The van der Waals surface area contributed by atoms with E-state index in [1.807, 2.05) is 24.3 Å². The summed E-state index contributed by atoms with van der Waals surface area (Å²) in [6.45, 7) is 1.63. The zero-order valence-electron chi connectivity index (χ0n) is 13.0. The van der Waals surface area contributed by atoms with Crippen molar-refractivity contribution in [2.45, 2.75) is 31.9 Å². The molecule has 0 aliphatic carbocycles. The van der Waals surface area contributed by atoms with Gasteiger partial charge in [-0.25, -0.2) is 0 Å². The Kier molecular flexibility index (Phi) is 4.96. The zero-order valence-corrected chi connectivity index (χ0v) is 13.0. The standard InChI is InChI=1S/C19H23NO2/c1-21-19-16(17-11-5-6-13-20-17)10-7-12-18(19)22-14-15-8-3-2-4-9-15/h2-4,7-10,12,17,20H,5-6,11,13-14H2,1H3. The number of hydrogen-bond donors (Lipinski definition) is 1. The first-order valence-corrected chi connectivity index (χ1v) is 7.95. The molecule has 2 aromatic rings. The van der Waals surface area contributed by atoms with Crippen molar-refractivity contribution in [3.05, 3.63) is 59.7 Å². The maximum absolute atomic E-state index is 5.99. The number of methoxy groups -OCH3 is 1. The second-order valence-corrected chi connectivity index (χ2v) is 5.66. The quantitative estimate of drug-likeness (QED) is 0.901. The second-order valence-electron chi connectivity index (χ2n) is 5.66. The van der Waals surface area contributed by atoms with Gasteiger partial charge >= 0.3 is 0 Å². The van der Waals surface area contributed by atoms with Gasteiger partial charge in [-0.2, -0.15) is 0 Å². The van der Waals surface area contributed by atoms with Crippen molar-refractivity contribution >= 4 is 0 Å². The first kappa shape index (κ1) is 14.9. The molecule has 3 heteroatoms. The number of para-hydroxylation sites is 1. The molecule has 22 heavy (non-hydrogen) atoms. The Morgan fingerprint density at radius 2 is 1.91 bits per heavy atom. The van der Waals surface area contributed by atoms with Crippen LogP contribution in [0.1, 0.15) is 36.4 Å². The highest BCUT2D eigenvalue weighted by molar-refractivity contribution is 5.48. The van der Waals surface area contributed by atoms with Gasteiger partial charge in [-0.05, 0) is 31.0 Å². The molecule has 116 valence electrons. The summed E-state index contributed by atoms with van der Waals surface area (Å²) in [5.41, 5.74) is 2.36. The fourth-order valence-corrected chi connectivity index (χ4v) is 2.99. The largest absolute Gasteiger partial charge is 0.493 e. The molecule has 2 aromatic carbocycles. The second kappa shape index (κ2) is 7.32. The van der Waals surface area contributed by atoms with Crippen molar-refractivity contribution in [1.82, 2.24) is 5.32 Å². The van der Waals surface area contributed by atoms with Gasteiger partial charge in [-0.3, -0.25) is 0 Å². The summed E-state index contributed by atoms with van der Waals surface area (Å²) >= 11 is 0. The first-order valence-electron chi connectivity index (χ1n) is 7.95. The Hall–Kier alpha value is -2.00. The highest BCUT2D eigenvalue weighted by atomic mass is 16.5. The van der Waals surface area contributed by atoms with E-state index >= 15 is 0 Å². The van der Waals surface area contributed by atoms with Gasteiger partial charge in [0.1, 0.15) is 6.61 Å². The van der Waals surface area contributed by atoms with E-state index in [9.17, 15) is 0 Å². The predicted octanol–water partition coefficient (Wildman–Crippen LogP) is 4.09. The number of piperidine rings is 1. The SMILES string of the molecule is COc1c(OCc2ccccc2)cccc1C1CCCCN1. The number of rotatable bonds is 5. The lowest BCUT2D eigenvalue weighted by atomic mass is 9.96. The molecule has 0 aromatic heterocycles. The molecule has 1 atom stereocenters. The van der Waals surface area contributed by atoms with Crippen LogP contribution in [-0.4, -0.2) is 13.7 Å². The van der Waals surface area contributed by atoms with Crippen molar-refractivity contribution < 1.29 is 9.47 Å². The molecule has 0 amide bonds. The van der Waals surface area contributed by atoms with Crippen LogP contribution < -0.4 is 14.8 Å². The molecule has 0 saturated carbocycles. The molecular formula is C19H23NO2. The van der Waals surface area contributed by atoms with Crippen LogP contribution in [-0.2, 0) is 6.61 Å². The minimum Gasteiger partial charge on any atom is -0.493 e. The summed E-state index contributed by atoms with van der Waals surface area (Å²) in [5.74, 6) is 1.68. The normalized spacial score (nSPS) is 18.0. The monoisotopic (exact) mass is 297 g/mol. The molecule has 3 rings (SSSR count). The fourth-order valence-electron chi connectivity index (χ4n) is 2.99. The Morgan fingerprint density at radius 1 is 1.05 bits per heavy atom. The average Bonchev–Trinajstić information content (AvgIpc) is 2.61. The fraction of sp³-hybridized carbons (Fsp3) is 0.368. The van der Waals surface area contributed by atoms with Crippen LogP contribution in [0.25, 0.3) is 0 Å². The predicted molar refractivity (Wildman–Crippen MR) is 88.4 cm³/mol. The summed E-state index contributed by atoms with van der Waals surface area (Å²) in [4.78, 5) is 0. The van der Waals surface area contributed by atoms with Gasteiger partial charge in [-0.15, -0.1) is 0 Å². The van der Waals surface area contributed by atoms with E-state index in [2.05, 4.69) is 29.6 Å². The van der Waals surface area contributed by atoms with Crippen LogP contribution in [0.5, 0.6) is 11.5 Å². The minimum absolute atomic E-state index is 0.365. The highest BCUT2D eigenvalue weighted by Gasteiger charge is 2.20. The van der Waals surface area contributed by atoms with Gasteiger partial charge < -0.3 is 14.8 Å². The third-order valence-corrected chi connectivity index (χ3v) is 4.14. The molecule has 0 spiro atoms. The molecular weight excluding hydrogens is 274 g/mol. The average molecular weight is 297 g/mol. The first-order chi connectivity index (χ1) is 10.9. The van der Waals surface area contributed by atoms with Crippen molar-refractivity contribution in [1.29, 1.82) is 0 Å². The van der Waals surface area contributed by atoms with E-state index < -0.39 is 0 Å². The summed E-state index contributed by atoms with van der Waals surface area (Å²) in [5, 5.41) is 3.58. The van der Waals surface area contributed by atoms with Crippen LogP contribution in [0.4, 0.5) is 0 Å². The number of hydrogen-bond acceptors (Lipinski definition) is 3. The number of ether oxygens (including phenoxy) is 2. The third-order valence-electron chi connectivity index (χ3n) is 4.14. The van der Waals surface area contributed by atoms with E-state index in [0.717, 1.165) is 30.0 Å². The van der Waals surface area contributed by atoms with Crippen molar-refractivity contribution in [3.8, 4) is 11.5 Å². The van der Waals surface area contributed by atoms with E-state index in [0.29, 0.717) is 12.6 Å². The van der Waals surface area contributed by atoms with Crippen LogP contribution in [0.2, 0.25) is 0 Å². The Balaban J connectivity index is 1.78. The van der Waals surface area contributed by atoms with E-state index in [-0.39, 0.29) is 0 Å². The summed E-state index contributed by atoms with van der Waals surface area (Å²) in [6.07, 6.45) is 3.66. The molecule has 1 N–H and O–H groups in total. The van der Waals surface area contributed by atoms with Crippen molar-refractivity contribution in [3.63, 3.8) is 0 Å². The summed E-state index contributed by atoms with van der Waals surface area (Å²) < 4.78 is 11.6. The molecule has 1 aliphatic rings. The van der Waals surface area contributed by atoms with Crippen LogP contribution in [0.15, 0.2) is 48.5 Å². The number of nitrogens with one attached hydrogen (secondary N) is 1. The van der Waals surface area contributed by atoms with Crippen molar-refractivity contribution in [2.24, 2.45) is 0 Å². The lowest BCUT2D eigenvalue weighted by Crippen LogP contribution is -2.27. The van der Waals surface area contributed by atoms with Gasteiger partial charge in [0.25, 0.3) is 0 Å². The molecule has 0 radical (unpaired) electrons. The van der Waals surface area contributed by atoms with E-state index in [4.69, 9.17) is 9.47 Å². The van der Waals surface area contributed by atoms with Gasteiger partial charge in [0.15, 0.2) is 11.5 Å². The summed E-state index contributed by atoms with van der Waals surface area (Å²) in [6, 6.07) is 16.7. The lowest BCUT2D eigenvalue weighted by Gasteiger charge is -2.26. The van der Waals surface area contributed by atoms with Gasteiger partial charge in [-0.1, -0.05) is 48.9 Å². The molecule has 1 unspecified atom stereocenters. The Morgan fingerprint density at radius 3 is 2.64 bits per heavy atom. The van der Waals surface area contributed by atoms with Gasteiger partial charge in [0.05, 0.1) is 7.11 Å². The van der Waals surface area contributed by atoms with E-state index in [1.165, 1.54) is 18.4 Å². The lowest BCUT2D eigenvalue weighted by molar-refractivity contribution is 0.280. The zero-order chi connectivity index (χ0) is 15.2. The molecule has 3 nitrogen and oxygen atoms in total. The number of benzene rings is 2. The Labute approximate surface area is 132 Å². The van der Waals surface area contributed by atoms with Crippen molar-refractivity contribution in [2.75, 3.05) is 13.7 Å². The van der Waals surface area contributed by atoms with E-state index in [1.54, 1.807) is 7.11 Å². The van der Waals surface area contributed by atoms with Crippen LogP contribution in [0, 0.1) is 0 Å². The maximum atomic E-state index is 5.99. The molecule has 1 heterocycles. The maximum Gasteiger partial charge on any atom is 0.165 e. The third kappa shape index (κ3) is 3.42. The molecule has 1 fully saturated rings. The topological polar surface area (TPSA) is 30.5 Å². The highest BCUT2D eigenvalue weighted by Crippen LogP contribution is 2.37. The Bertz CT molecular complexity index is 592. The van der Waals surface area contributed by atoms with Crippen LogP contribution in [0.3, 0.4) is 0 Å². The minimum atomic E-state index is 0.365. The van der Waals surface area contributed by atoms with Gasteiger partial charge in [0, 0.05) is 11.6 Å². The summed E-state index contributed by atoms with van der Waals surface area (Å²) in [7, 11) is 1.72. The molecule has 1 saturated heterocycles.